The van der Waals surface area contributed by atoms with Gasteiger partial charge in [0.05, 0.1) is 6.04 Å². The zero-order valence-corrected chi connectivity index (χ0v) is 11.0. The summed E-state index contributed by atoms with van der Waals surface area (Å²) in [5, 5.41) is 1.39. The van der Waals surface area contributed by atoms with Crippen molar-refractivity contribution in [2.24, 2.45) is 5.73 Å². The van der Waals surface area contributed by atoms with Crippen molar-refractivity contribution < 1.29 is 0 Å². The largest absolute Gasteiger partial charge is 0.320 e. The Kier molecular flexibility index (Phi) is 3.72. The van der Waals surface area contributed by atoms with Crippen LogP contribution in [0, 0.1) is 6.92 Å². The highest BCUT2D eigenvalue weighted by molar-refractivity contribution is 6.31. The Morgan fingerprint density at radius 3 is 2.41 bits per heavy atom. The van der Waals surface area contributed by atoms with Crippen molar-refractivity contribution in [1.29, 1.82) is 0 Å². The van der Waals surface area contributed by atoms with Crippen LogP contribution >= 0.6 is 23.2 Å². The summed E-state index contributed by atoms with van der Waals surface area (Å²) in [6.45, 7) is 2.02. The van der Waals surface area contributed by atoms with Crippen LogP contribution in [0.4, 0.5) is 0 Å². The second-order valence-corrected chi connectivity index (χ2v) is 4.91. The number of halogens is 2. The van der Waals surface area contributed by atoms with Gasteiger partial charge in [-0.3, -0.25) is 0 Å². The molecule has 1 nitrogen and oxygen atoms in total. The first kappa shape index (κ1) is 12.4. The first-order chi connectivity index (χ1) is 8.08. The second-order valence-electron chi connectivity index (χ2n) is 4.03. The zero-order valence-electron chi connectivity index (χ0n) is 9.45. The molecule has 0 aliphatic heterocycles. The van der Waals surface area contributed by atoms with E-state index in [2.05, 4.69) is 0 Å². The highest BCUT2D eigenvalue weighted by Crippen LogP contribution is 2.26. The van der Waals surface area contributed by atoms with Crippen molar-refractivity contribution in [3.63, 3.8) is 0 Å². The van der Waals surface area contributed by atoms with Crippen LogP contribution in [-0.2, 0) is 0 Å². The summed E-state index contributed by atoms with van der Waals surface area (Å²) in [7, 11) is 0. The molecule has 0 heterocycles. The van der Waals surface area contributed by atoms with Gasteiger partial charge in [-0.25, -0.2) is 0 Å². The maximum absolute atomic E-state index is 6.24. The van der Waals surface area contributed by atoms with Crippen molar-refractivity contribution in [2.45, 2.75) is 13.0 Å². The lowest BCUT2D eigenvalue weighted by Gasteiger charge is -2.15. The third-order valence-electron chi connectivity index (χ3n) is 2.78. The van der Waals surface area contributed by atoms with Crippen molar-refractivity contribution in [2.75, 3.05) is 0 Å². The third-order valence-corrected chi connectivity index (χ3v) is 3.25. The van der Waals surface area contributed by atoms with Gasteiger partial charge in [-0.15, -0.1) is 0 Å². The minimum atomic E-state index is -0.201. The Morgan fingerprint density at radius 1 is 1.00 bits per heavy atom. The van der Waals surface area contributed by atoms with Crippen LogP contribution in [0.2, 0.25) is 10.0 Å². The maximum Gasteiger partial charge on any atom is 0.0555 e. The fourth-order valence-corrected chi connectivity index (χ4v) is 2.21. The normalized spacial score (nSPS) is 12.5. The minimum absolute atomic E-state index is 0.201. The summed E-state index contributed by atoms with van der Waals surface area (Å²) < 4.78 is 0. The summed E-state index contributed by atoms with van der Waals surface area (Å²) >= 11 is 12.0. The van der Waals surface area contributed by atoms with Crippen LogP contribution in [0.15, 0.2) is 42.5 Å². The van der Waals surface area contributed by atoms with E-state index in [1.165, 1.54) is 0 Å². The molecule has 0 saturated heterocycles. The molecular formula is C14H13Cl2N. The summed E-state index contributed by atoms with van der Waals surface area (Å²) in [5.41, 5.74) is 9.38. The molecule has 1 atom stereocenters. The molecule has 88 valence electrons. The van der Waals surface area contributed by atoms with E-state index in [1.54, 1.807) is 0 Å². The SMILES string of the molecule is Cc1ccc(Cl)cc1C(N)c1cccc(Cl)c1. The minimum Gasteiger partial charge on any atom is -0.320 e. The lowest BCUT2D eigenvalue weighted by molar-refractivity contribution is 0.862. The van der Waals surface area contributed by atoms with Crippen LogP contribution in [0.3, 0.4) is 0 Å². The Labute approximate surface area is 111 Å². The van der Waals surface area contributed by atoms with Crippen LogP contribution in [0.1, 0.15) is 22.7 Å². The molecule has 17 heavy (non-hydrogen) atoms. The van der Waals surface area contributed by atoms with Gasteiger partial charge in [0.15, 0.2) is 0 Å². The summed E-state index contributed by atoms with van der Waals surface area (Å²) in [6.07, 6.45) is 0. The molecule has 1 unspecified atom stereocenters. The molecule has 0 aromatic heterocycles. The van der Waals surface area contributed by atoms with Crippen LogP contribution in [0.5, 0.6) is 0 Å². The highest BCUT2D eigenvalue weighted by atomic mass is 35.5. The van der Waals surface area contributed by atoms with E-state index in [4.69, 9.17) is 28.9 Å². The van der Waals surface area contributed by atoms with Gasteiger partial charge in [0.2, 0.25) is 0 Å². The van der Waals surface area contributed by atoms with Crippen molar-refractivity contribution in [3.8, 4) is 0 Å². The fourth-order valence-electron chi connectivity index (χ4n) is 1.83. The standard InChI is InChI=1S/C14H13Cl2N/c1-9-5-6-12(16)8-13(9)14(17)10-3-2-4-11(15)7-10/h2-8,14H,17H2,1H3. The average Bonchev–Trinajstić information content (AvgIpc) is 2.31. The predicted molar refractivity (Wildman–Crippen MR) is 73.7 cm³/mol. The molecule has 0 aliphatic rings. The van der Waals surface area contributed by atoms with E-state index in [0.717, 1.165) is 16.7 Å². The smallest absolute Gasteiger partial charge is 0.0555 e. The number of aryl methyl sites for hydroxylation is 1. The highest BCUT2D eigenvalue weighted by Gasteiger charge is 2.12. The summed E-state index contributed by atoms with van der Waals surface area (Å²) in [6, 6.07) is 13.1. The quantitative estimate of drug-likeness (QED) is 0.859. The molecule has 2 aromatic carbocycles. The molecule has 0 bridgehead atoms. The maximum atomic E-state index is 6.24. The second kappa shape index (κ2) is 5.09. The van der Waals surface area contributed by atoms with Gasteiger partial charge >= 0.3 is 0 Å². The molecule has 2 N–H and O–H groups in total. The van der Waals surface area contributed by atoms with Gasteiger partial charge in [0.25, 0.3) is 0 Å². The fraction of sp³-hybridized carbons (Fsp3) is 0.143. The topological polar surface area (TPSA) is 26.0 Å². The molecule has 0 radical (unpaired) electrons. The lowest BCUT2D eigenvalue weighted by Crippen LogP contribution is -2.13. The van der Waals surface area contributed by atoms with E-state index in [-0.39, 0.29) is 6.04 Å². The Hall–Kier alpha value is -1.02. The number of rotatable bonds is 2. The molecule has 0 saturated carbocycles. The monoisotopic (exact) mass is 265 g/mol. The van der Waals surface area contributed by atoms with Gasteiger partial charge in [0, 0.05) is 10.0 Å². The molecule has 0 fully saturated rings. The van der Waals surface area contributed by atoms with E-state index in [0.29, 0.717) is 10.0 Å². The number of nitrogens with two attached hydrogens (primary N) is 1. The van der Waals surface area contributed by atoms with Crippen molar-refractivity contribution >= 4 is 23.2 Å². The Morgan fingerprint density at radius 2 is 1.71 bits per heavy atom. The lowest BCUT2D eigenvalue weighted by atomic mass is 9.96. The van der Waals surface area contributed by atoms with Gasteiger partial charge in [-0.05, 0) is 47.9 Å². The zero-order chi connectivity index (χ0) is 12.4. The molecule has 2 aromatic rings. The first-order valence-corrected chi connectivity index (χ1v) is 6.10. The Bertz CT molecular complexity index is 537. The van der Waals surface area contributed by atoms with Crippen LogP contribution < -0.4 is 5.73 Å². The molecule has 0 spiro atoms. The van der Waals surface area contributed by atoms with E-state index in [9.17, 15) is 0 Å². The van der Waals surface area contributed by atoms with Crippen LogP contribution in [0.25, 0.3) is 0 Å². The van der Waals surface area contributed by atoms with E-state index >= 15 is 0 Å². The van der Waals surface area contributed by atoms with Crippen molar-refractivity contribution in [1.82, 2.24) is 0 Å². The molecule has 2 rings (SSSR count). The van der Waals surface area contributed by atoms with Crippen LogP contribution in [-0.4, -0.2) is 0 Å². The molecule has 0 amide bonds. The third kappa shape index (κ3) is 2.81. The predicted octanol–water partition coefficient (Wildman–Crippen LogP) is 4.35. The molecule has 3 heteroatoms. The molecule has 0 aliphatic carbocycles. The summed E-state index contributed by atoms with van der Waals surface area (Å²) in [5.74, 6) is 0. The number of hydrogen-bond acceptors (Lipinski definition) is 1. The van der Waals surface area contributed by atoms with Gasteiger partial charge < -0.3 is 5.73 Å². The van der Waals surface area contributed by atoms with Gasteiger partial charge in [-0.1, -0.05) is 41.4 Å². The van der Waals surface area contributed by atoms with Crippen molar-refractivity contribution in [3.05, 3.63) is 69.2 Å². The average molecular weight is 266 g/mol. The summed E-state index contributed by atoms with van der Waals surface area (Å²) in [4.78, 5) is 0. The number of benzene rings is 2. The Balaban J connectivity index is 2.43. The first-order valence-electron chi connectivity index (χ1n) is 5.35. The van der Waals surface area contributed by atoms with E-state index < -0.39 is 0 Å². The van der Waals surface area contributed by atoms with E-state index in [1.807, 2.05) is 49.4 Å². The van der Waals surface area contributed by atoms with Gasteiger partial charge in [0.1, 0.15) is 0 Å². The van der Waals surface area contributed by atoms with Gasteiger partial charge in [-0.2, -0.15) is 0 Å². The number of hydrogen-bond donors (Lipinski definition) is 1. The molecular weight excluding hydrogens is 253 g/mol.